The van der Waals surface area contributed by atoms with Gasteiger partial charge >= 0.3 is 0 Å². The van der Waals surface area contributed by atoms with Crippen molar-refractivity contribution in [2.24, 2.45) is 5.92 Å². The van der Waals surface area contributed by atoms with Gasteiger partial charge in [0.2, 0.25) is 0 Å². The minimum Gasteiger partial charge on any atom is -0.337 e. The Labute approximate surface area is 161 Å². The van der Waals surface area contributed by atoms with E-state index in [1.807, 2.05) is 41.3 Å². The SMILES string of the molecule is Cl.Cl.O=C(c1ccc2ccccc2n1)N1CCC(NCC2CC2)CC1. The van der Waals surface area contributed by atoms with Gasteiger partial charge in [-0.1, -0.05) is 24.3 Å². The molecule has 6 heteroatoms. The molecule has 2 aromatic rings. The molecule has 4 rings (SSSR count). The summed E-state index contributed by atoms with van der Waals surface area (Å²) < 4.78 is 0. The van der Waals surface area contributed by atoms with Crippen LogP contribution in [0.2, 0.25) is 0 Å². The molecule has 1 aromatic carbocycles. The molecule has 25 heavy (non-hydrogen) atoms. The average Bonchev–Trinajstić information content (AvgIpc) is 3.44. The maximum atomic E-state index is 12.7. The number of carbonyl (C=O) groups excluding carboxylic acids is 1. The summed E-state index contributed by atoms with van der Waals surface area (Å²) in [5.74, 6) is 0.979. The van der Waals surface area contributed by atoms with Crippen molar-refractivity contribution in [1.29, 1.82) is 0 Å². The minimum atomic E-state index is 0. The van der Waals surface area contributed by atoms with Gasteiger partial charge in [0.05, 0.1) is 5.52 Å². The number of fused-ring (bicyclic) bond motifs is 1. The highest BCUT2D eigenvalue weighted by atomic mass is 35.5. The van der Waals surface area contributed by atoms with Crippen molar-refractivity contribution < 1.29 is 4.79 Å². The predicted octanol–water partition coefficient (Wildman–Crippen LogP) is 3.68. The number of carbonyl (C=O) groups is 1. The van der Waals surface area contributed by atoms with Crippen LogP contribution >= 0.6 is 24.8 Å². The monoisotopic (exact) mass is 381 g/mol. The van der Waals surface area contributed by atoms with Crippen LogP contribution in [0.4, 0.5) is 0 Å². The number of nitrogens with zero attached hydrogens (tertiary/aromatic N) is 2. The Morgan fingerprint density at radius 1 is 1.04 bits per heavy atom. The van der Waals surface area contributed by atoms with Crippen molar-refractivity contribution in [3.05, 3.63) is 42.1 Å². The number of benzene rings is 1. The Morgan fingerprint density at radius 3 is 2.48 bits per heavy atom. The van der Waals surface area contributed by atoms with Gasteiger partial charge < -0.3 is 10.2 Å². The number of hydrogen-bond acceptors (Lipinski definition) is 3. The molecule has 2 heterocycles. The molecule has 1 saturated carbocycles. The van der Waals surface area contributed by atoms with E-state index in [1.165, 1.54) is 12.8 Å². The number of likely N-dealkylation sites (tertiary alicyclic amines) is 1. The van der Waals surface area contributed by atoms with Crippen LogP contribution < -0.4 is 5.32 Å². The van der Waals surface area contributed by atoms with E-state index in [1.54, 1.807) is 0 Å². The Morgan fingerprint density at radius 2 is 1.76 bits per heavy atom. The van der Waals surface area contributed by atoms with Gasteiger partial charge in [-0.05, 0) is 50.3 Å². The van der Waals surface area contributed by atoms with Crippen LogP contribution in [-0.4, -0.2) is 41.5 Å². The number of pyridine rings is 1. The van der Waals surface area contributed by atoms with Crippen molar-refractivity contribution in [3.63, 3.8) is 0 Å². The molecular weight excluding hydrogens is 357 g/mol. The molecule has 0 atom stereocenters. The molecule has 2 aliphatic rings. The third kappa shape index (κ3) is 4.84. The van der Waals surface area contributed by atoms with Crippen LogP contribution in [0.5, 0.6) is 0 Å². The van der Waals surface area contributed by atoms with Gasteiger partial charge in [-0.15, -0.1) is 24.8 Å². The quantitative estimate of drug-likeness (QED) is 0.878. The van der Waals surface area contributed by atoms with E-state index in [2.05, 4.69) is 10.3 Å². The smallest absolute Gasteiger partial charge is 0.272 e. The largest absolute Gasteiger partial charge is 0.337 e. The lowest BCUT2D eigenvalue weighted by atomic mass is 10.0. The molecule has 1 amide bonds. The number of rotatable bonds is 4. The van der Waals surface area contributed by atoms with E-state index in [0.29, 0.717) is 11.7 Å². The summed E-state index contributed by atoms with van der Waals surface area (Å²) in [7, 11) is 0. The number of piperidine rings is 1. The van der Waals surface area contributed by atoms with E-state index in [9.17, 15) is 4.79 Å². The van der Waals surface area contributed by atoms with Crippen LogP contribution in [0.25, 0.3) is 10.9 Å². The molecule has 0 radical (unpaired) electrons. The maximum absolute atomic E-state index is 12.7. The first kappa shape index (κ1) is 20.0. The topological polar surface area (TPSA) is 45.2 Å². The third-order valence-corrected chi connectivity index (χ3v) is 4.99. The number of nitrogens with one attached hydrogen (secondary N) is 1. The second kappa shape index (κ2) is 8.84. The Balaban J connectivity index is 0.00000113. The molecule has 136 valence electrons. The second-order valence-electron chi connectivity index (χ2n) is 6.81. The highest BCUT2D eigenvalue weighted by Gasteiger charge is 2.26. The summed E-state index contributed by atoms with van der Waals surface area (Å²) >= 11 is 0. The summed E-state index contributed by atoms with van der Waals surface area (Å²) in [6.45, 7) is 2.82. The number of aromatic nitrogens is 1. The first-order valence-corrected chi connectivity index (χ1v) is 8.68. The van der Waals surface area contributed by atoms with E-state index in [-0.39, 0.29) is 30.7 Å². The molecule has 1 aliphatic heterocycles. The molecule has 1 aromatic heterocycles. The second-order valence-corrected chi connectivity index (χ2v) is 6.81. The summed E-state index contributed by atoms with van der Waals surface area (Å²) in [6, 6.07) is 12.3. The molecule has 0 spiro atoms. The first-order valence-electron chi connectivity index (χ1n) is 8.68. The maximum Gasteiger partial charge on any atom is 0.272 e. The highest BCUT2D eigenvalue weighted by Crippen LogP contribution is 2.28. The van der Waals surface area contributed by atoms with Crippen LogP contribution in [0, 0.1) is 5.92 Å². The van der Waals surface area contributed by atoms with Gasteiger partial charge in [0.15, 0.2) is 0 Å². The van der Waals surface area contributed by atoms with Gasteiger partial charge in [0.1, 0.15) is 5.69 Å². The molecule has 1 aliphatic carbocycles. The summed E-state index contributed by atoms with van der Waals surface area (Å²) in [4.78, 5) is 19.2. The van der Waals surface area contributed by atoms with Gasteiger partial charge in [-0.25, -0.2) is 4.98 Å². The highest BCUT2D eigenvalue weighted by molar-refractivity contribution is 5.95. The lowest BCUT2D eigenvalue weighted by molar-refractivity contribution is 0.0699. The average molecular weight is 382 g/mol. The normalized spacial score (nSPS) is 17.7. The van der Waals surface area contributed by atoms with Crippen LogP contribution in [0.3, 0.4) is 0 Å². The molecule has 1 saturated heterocycles. The number of hydrogen-bond donors (Lipinski definition) is 1. The standard InChI is InChI=1S/C19H23N3O.2ClH/c23-19(18-8-7-15-3-1-2-4-17(15)21-18)22-11-9-16(10-12-22)20-13-14-5-6-14;;/h1-4,7-8,14,16,20H,5-6,9-13H2;2*1H. The van der Waals surface area contributed by atoms with Crippen LogP contribution in [0.1, 0.15) is 36.2 Å². The summed E-state index contributed by atoms with van der Waals surface area (Å²) in [5.41, 5.74) is 1.45. The molecule has 4 nitrogen and oxygen atoms in total. The summed E-state index contributed by atoms with van der Waals surface area (Å²) in [6.07, 6.45) is 4.87. The first-order chi connectivity index (χ1) is 11.3. The zero-order chi connectivity index (χ0) is 15.6. The van der Waals surface area contributed by atoms with E-state index in [0.717, 1.165) is 49.3 Å². The number of para-hydroxylation sites is 1. The fourth-order valence-electron chi connectivity index (χ4n) is 3.29. The van der Waals surface area contributed by atoms with Crippen molar-refractivity contribution in [2.75, 3.05) is 19.6 Å². The lowest BCUT2D eigenvalue weighted by Gasteiger charge is -2.32. The van der Waals surface area contributed by atoms with E-state index in [4.69, 9.17) is 0 Å². The predicted molar refractivity (Wildman–Crippen MR) is 106 cm³/mol. The minimum absolute atomic E-state index is 0. The molecular formula is C19H25Cl2N3O. The number of halogens is 2. The van der Waals surface area contributed by atoms with Gasteiger partial charge in [-0.2, -0.15) is 0 Å². The van der Waals surface area contributed by atoms with Gasteiger partial charge in [-0.3, -0.25) is 4.79 Å². The molecule has 0 bridgehead atoms. The molecule has 1 N–H and O–H groups in total. The van der Waals surface area contributed by atoms with Gasteiger partial charge in [0.25, 0.3) is 5.91 Å². The molecule has 0 unspecified atom stereocenters. The van der Waals surface area contributed by atoms with Crippen molar-refractivity contribution >= 4 is 41.6 Å². The van der Waals surface area contributed by atoms with Gasteiger partial charge in [0, 0.05) is 24.5 Å². The third-order valence-electron chi connectivity index (χ3n) is 4.99. The Kier molecular flexibility index (Phi) is 7.05. The lowest BCUT2D eigenvalue weighted by Crippen LogP contribution is -2.45. The van der Waals surface area contributed by atoms with Crippen molar-refractivity contribution in [1.82, 2.24) is 15.2 Å². The zero-order valence-electron chi connectivity index (χ0n) is 14.2. The summed E-state index contributed by atoms with van der Waals surface area (Å²) in [5, 5.41) is 4.73. The van der Waals surface area contributed by atoms with Crippen LogP contribution in [-0.2, 0) is 0 Å². The zero-order valence-corrected chi connectivity index (χ0v) is 15.8. The van der Waals surface area contributed by atoms with Crippen molar-refractivity contribution in [2.45, 2.75) is 31.7 Å². The van der Waals surface area contributed by atoms with E-state index < -0.39 is 0 Å². The fourth-order valence-corrected chi connectivity index (χ4v) is 3.29. The molecule has 2 fully saturated rings. The van der Waals surface area contributed by atoms with E-state index >= 15 is 0 Å². The Bertz CT molecular complexity index is 713. The number of amides is 1. The fraction of sp³-hybridized carbons (Fsp3) is 0.474. The van der Waals surface area contributed by atoms with Crippen molar-refractivity contribution in [3.8, 4) is 0 Å². The van der Waals surface area contributed by atoms with Crippen LogP contribution in [0.15, 0.2) is 36.4 Å². The Hall–Kier alpha value is -1.36.